The minimum atomic E-state index is -0.0105. The van der Waals surface area contributed by atoms with Crippen LogP contribution in [0.2, 0.25) is 0 Å². The summed E-state index contributed by atoms with van der Waals surface area (Å²) in [4.78, 5) is 14.1. The van der Waals surface area contributed by atoms with E-state index in [2.05, 4.69) is 32.2 Å². The van der Waals surface area contributed by atoms with E-state index in [1.165, 1.54) is 0 Å². The van der Waals surface area contributed by atoms with Crippen LogP contribution in [0.25, 0.3) is 0 Å². The van der Waals surface area contributed by atoms with E-state index < -0.39 is 0 Å². The van der Waals surface area contributed by atoms with Gasteiger partial charge in [-0.05, 0) is 53.0 Å². The third kappa shape index (κ3) is 3.48. The SMILES string of the molecule is CNC(=O)C1CCCCN1Cc1ccc(Br)c(N)c1. The first-order valence-corrected chi connectivity index (χ1v) is 7.40. The van der Waals surface area contributed by atoms with Crippen LogP contribution in [0.3, 0.4) is 0 Å². The largest absolute Gasteiger partial charge is 0.398 e. The number of likely N-dealkylation sites (N-methyl/N-ethyl adjacent to an activating group) is 1. The van der Waals surface area contributed by atoms with Gasteiger partial charge in [-0.1, -0.05) is 12.5 Å². The van der Waals surface area contributed by atoms with E-state index in [9.17, 15) is 4.79 Å². The van der Waals surface area contributed by atoms with Crippen molar-refractivity contribution in [1.82, 2.24) is 10.2 Å². The van der Waals surface area contributed by atoms with E-state index in [0.29, 0.717) is 0 Å². The van der Waals surface area contributed by atoms with Gasteiger partial charge in [0.2, 0.25) is 5.91 Å². The molecule has 0 aliphatic carbocycles. The molecule has 1 unspecified atom stereocenters. The average Bonchev–Trinajstić information content (AvgIpc) is 2.43. The number of carbonyl (C=O) groups excluding carboxylic acids is 1. The molecular formula is C14H20BrN3O. The van der Waals surface area contributed by atoms with Crippen LogP contribution >= 0.6 is 15.9 Å². The molecule has 1 aromatic rings. The molecule has 1 aromatic carbocycles. The minimum absolute atomic E-state index is 0.0105. The molecule has 0 bridgehead atoms. The maximum absolute atomic E-state index is 11.9. The van der Waals surface area contributed by atoms with Crippen molar-refractivity contribution in [3.05, 3.63) is 28.2 Å². The van der Waals surface area contributed by atoms with Crippen molar-refractivity contribution in [3.63, 3.8) is 0 Å². The molecule has 1 saturated heterocycles. The number of nitrogen functional groups attached to an aromatic ring is 1. The predicted molar refractivity (Wildman–Crippen MR) is 80.7 cm³/mol. The van der Waals surface area contributed by atoms with E-state index >= 15 is 0 Å². The van der Waals surface area contributed by atoms with Gasteiger partial charge in [0.15, 0.2) is 0 Å². The van der Waals surface area contributed by atoms with Gasteiger partial charge in [0.05, 0.1) is 6.04 Å². The fraction of sp³-hybridized carbons (Fsp3) is 0.500. The second-order valence-electron chi connectivity index (χ2n) is 4.95. The first-order chi connectivity index (χ1) is 9.11. The number of nitrogens with zero attached hydrogens (tertiary/aromatic N) is 1. The highest BCUT2D eigenvalue weighted by atomic mass is 79.9. The summed E-state index contributed by atoms with van der Waals surface area (Å²) in [5.74, 6) is 0.116. The summed E-state index contributed by atoms with van der Waals surface area (Å²) in [6, 6.07) is 5.97. The molecule has 4 nitrogen and oxygen atoms in total. The number of nitrogens with one attached hydrogen (secondary N) is 1. The van der Waals surface area contributed by atoms with Crippen LogP contribution < -0.4 is 11.1 Å². The predicted octanol–water partition coefficient (Wildman–Crippen LogP) is 2.13. The second-order valence-corrected chi connectivity index (χ2v) is 5.81. The zero-order chi connectivity index (χ0) is 13.8. The van der Waals surface area contributed by atoms with Gasteiger partial charge in [-0.15, -0.1) is 0 Å². The summed E-state index contributed by atoms with van der Waals surface area (Å²) in [5.41, 5.74) is 7.79. The molecule has 0 aromatic heterocycles. The lowest BCUT2D eigenvalue weighted by Gasteiger charge is -2.34. The summed E-state index contributed by atoms with van der Waals surface area (Å²) in [6.45, 7) is 1.74. The van der Waals surface area contributed by atoms with Crippen LogP contribution in [0.4, 0.5) is 5.69 Å². The van der Waals surface area contributed by atoms with Crippen LogP contribution in [-0.2, 0) is 11.3 Å². The molecule has 0 saturated carbocycles. The first kappa shape index (κ1) is 14.3. The van der Waals surface area contributed by atoms with Crippen LogP contribution in [0.1, 0.15) is 24.8 Å². The number of rotatable bonds is 3. The fourth-order valence-electron chi connectivity index (χ4n) is 2.57. The number of hydrogen-bond donors (Lipinski definition) is 2. The van der Waals surface area contributed by atoms with Gasteiger partial charge in [-0.2, -0.15) is 0 Å². The van der Waals surface area contributed by atoms with Gasteiger partial charge in [0, 0.05) is 23.8 Å². The van der Waals surface area contributed by atoms with E-state index in [1.54, 1.807) is 7.05 Å². The number of piperidine rings is 1. The first-order valence-electron chi connectivity index (χ1n) is 6.61. The standard InChI is InChI=1S/C14H20BrN3O/c1-17-14(19)13-4-2-3-7-18(13)9-10-5-6-11(15)12(16)8-10/h5-6,8,13H,2-4,7,9,16H2,1H3,(H,17,19). The third-order valence-electron chi connectivity index (χ3n) is 3.61. The number of carbonyl (C=O) groups is 1. The Morgan fingerprint density at radius 2 is 2.32 bits per heavy atom. The molecule has 1 heterocycles. The van der Waals surface area contributed by atoms with Crippen LogP contribution in [0.5, 0.6) is 0 Å². The topological polar surface area (TPSA) is 58.4 Å². The zero-order valence-electron chi connectivity index (χ0n) is 11.2. The Morgan fingerprint density at radius 1 is 1.53 bits per heavy atom. The maximum atomic E-state index is 11.9. The lowest BCUT2D eigenvalue weighted by molar-refractivity contribution is -0.127. The molecule has 1 atom stereocenters. The van der Waals surface area contributed by atoms with Crippen molar-refractivity contribution in [2.24, 2.45) is 0 Å². The van der Waals surface area contributed by atoms with Crippen molar-refractivity contribution >= 4 is 27.5 Å². The fourth-order valence-corrected chi connectivity index (χ4v) is 2.82. The van der Waals surface area contributed by atoms with Crippen molar-refractivity contribution in [3.8, 4) is 0 Å². The van der Waals surface area contributed by atoms with Crippen molar-refractivity contribution in [1.29, 1.82) is 0 Å². The van der Waals surface area contributed by atoms with Gasteiger partial charge >= 0.3 is 0 Å². The lowest BCUT2D eigenvalue weighted by Crippen LogP contribution is -2.48. The van der Waals surface area contributed by atoms with E-state index in [1.807, 2.05) is 12.1 Å². The van der Waals surface area contributed by atoms with Gasteiger partial charge in [0.1, 0.15) is 0 Å². The Labute approximate surface area is 122 Å². The average molecular weight is 326 g/mol. The quantitative estimate of drug-likeness (QED) is 0.837. The Bertz CT molecular complexity index is 464. The monoisotopic (exact) mass is 325 g/mol. The third-order valence-corrected chi connectivity index (χ3v) is 4.33. The summed E-state index contributed by atoms with van der Waals surface area (Å²) >= 11 is 3.40. The number of likely N-dealkylation sites (tertiary alicyclic amines) is 1. The molecular weight excluding hydrogens is 306 g/mol. The zero-order valence-corrected chi connectivity index (χ0v) is 12.7. The Balaban J connectivity index is 2.10. The summed E-state index contributed by atoms with van der Waals surface area (Å²) in [6.07, 6.45) is 3.21. The van der Waals surface area contributed by atoms with Crippen molar-refractivity contribution in [2.75, 3.05) is 19.3 Å². The lowest BCUT2D eigenvalue weighted by atomic mass is 10.0. The molecule has 0 spiro atoms. The molecule has 2 rings (SSSR count). The molecule has 1 aliphatic heterocycles. The van der Waals surface area contributed by atoms with E-state index in [-0.39, 0.29) is 11.9 Å². The molecule has 104 valence electrons. The Kier molecular flexibility index (Phi) is 4.82. The molecule has 3 N–H and O–H groups in total. The number of benzene rings is 1. The maximum Gasteiger partial charge on any atom is 0.237 e. The van der Waals surface area contributed by atoms with E-state index in [0.717, 1.165) is 48.1 Å². The normalized spacial score (nSPS) is 20.2. The molecule has 1 aliphatic rings. The van der Waals surface area contributed by atoms with Gasteiger partial charge < -0.3 is 11.1 Å². The highest BCUT2D eigenvalue weighted by Gasteiger charge is 2.27. The molecule has 19 heavy (non-hydrogen) atoms. The summed E-state index contributed by atoms with van der Waals surface area (Å²) in [7, 11) is 1.70. The van der Waals surface area contributed by atoms with Crippen molar-refractivity contribution < 1.29 is 4.79 Å². The molecule has 0 radical (unpaired) electrons. The number of amides is 1. The highest BCUT2D eigenvalue weighted by Crippen LogP contribution is 2.24. The van der Waals surface area contributed by atoms with E-state index in [4.69, 9.17) is 5.73 Å². The Hall–Kier alpha value is -1.07. The number of hydrogen-bond acceptors (Lipinski definition) is 3. The van der Waals surface area contributed by atoms with Crippen LogP contribution in [0.15, 0.2) is 22.7 Å². The molecule has 1 fully saturated rings. The smallest absolute Gasteiger partial charge is 0.237 e. The summed E-state index contributed by atoms with van der Waals surface area (Å²) < 4.78 is 0.915. The van der Waals surface area contributed by atoms with Crippen LogP contribution in [-0.4, -0.2) is 30.4 Å². The number of anilines is 1. The van der Waals surface area contributed by atoms with Gasteiger partial charge in [-0.25, -0.2) is 0 Å². The Morgan fingerprint density at radius 3 is 3.00 bits per heavy atom. The minimum Gasteiger partial charge on any atom is -0.398 e. The number of halogens is 1. The van der Waals surface area contributed by atoms with Crippen molar-refractivity contribution in [2.45, 2.75) is 31.8 Å². The highest BCUT2D eigenvalue weighted by molar-refractivity contribution is 9.10. The van der Waals surface area contributed by atoms with Gasteiger partial charge in [-0.3, -0.25) is 9.69 Å². The summed E-state index contributed by atoms with van der Waals surface area (Å²) in [5, 5.41) is 2.76. The number of nitrogens with two attached hydrogens (primary N) is 1. The molecule has 1 amide bonds. The van der Waals surface area contributed by atoms with Gasteiger partial charge in [0.25, 0.3) is 0 Å². The second kappa shape index (κ2) is 6.39. The molecule has 5 heteroatoms. The van der Waals surface area contributed by atoms with Crippen LogP contribution in [0, 0.1) is 0 Å².